The molecule has 0 unspecified atom stereocenters. The van der Waals surface area contributed by atoms with Crippen LogP contribution in [0.5, 0.6) is 0 Å². The molecule has 2 aromatic heterocycles. The maximum atomic E-state index is 12.0. The van der Waals surface area contributed by atoms with E-state index in [0.29, 0.717) is 17.0 Å². The summed E-state index contributed by atoms with van der Waals surface area (Å²) in [7, 11) is 0. The molecular formula is C11H7BrClNOS. The number of Topliss-reactive ketones (excluding diaryl/α,β-unsaturated/α-hetero) is 1. The Balaban J connectivity index is 2.22. The fraction of sp³-hybridized carbons (Fsp3) is 0.0909. The zero-order valence-corrected chi connectivity index (χ0v) is 11.3. The minimum atomic E-state index is 0.00977. The van der Waals surface area contributed by atoms with Crippen molar-refractivity contribution >= 4 is 44.7 Å². The van der Waals surface area contributed by atoms with Gasteiger partial charge < -0.3 is 0 Å². The van der Waals surface area contributed by atoms with Crippen LogP contribution < -0.4 is 0 Å². The van der Waals surface area contributed by atoms with Crippen LogP contribution in [0.1, 0.15) is 15.2 Å². The Morgan fingerprint density at radius 1 is 1.50 bits per heavy atom. The van der Waals surface area contributed by atoms with Gasteiger partial charge in [0, 0.05) is 33.7 Å². The predicted octanol–water partition coefficient (Wildman–Crippen LogP) is 3.98. The number of hydrogen-bond acceptors (Lipinski definition) is 3. The van der Waals surface area contributed by atoms with Crippen molar-refractivity contribution in [3.05, 3.63) is 49.8 Å². The zero-order chi connectivity index (χ0) is 11.5. The van der Waals surface area contributed by atoms with E-state index in [1.165, 1.54) is 6.20 Å². The third-order valence-corrected chi connectivity index (χ3v) is 4.31. The van der Waals surface area contributed by atoms with Gasteiger partial charge in [0.2, 0.25) is 0 Å². The molecular weight excluding hydrogens is 310 g/mol. The Kier molecular flexibility index (Phi) is 3.74. The lowest BCUT2D eigenvalue weighted by atomic mass is 10.1. The molecule has 0 fully saturated rings. The molecule has 0 spiro atoms. The van der Waals surface area contributed by atoms with Crippen molar-refractivity contribution < 1.29 is 4.79 Å². The van der Waals surface area contributed by atoms with Gasteiger partial charge in [-0.3, -0.25) is 9.78 Å². The van der Waals surface area contributed by atoms with Crippen LogP contribution in [0, 0.1) is 0 Å². The lowest BCUT2D eigenvalue weighted by molar-refractivity contribution is 0.0993. The third kappa shape index (κ3) is 2.51. The third-order valence-electron chi connectivity index (χ3n) is 2.09. The Morgan fingerprint density at radius 2 is 2.31 bits per heavy atom. The number of rotatable bonds is 3. The first-order chi connectivity index (χ1) is 7.68. The number of halogens is 2. The highest BCUT2D eigenvalue weighted by atomic mass is 79.9. The normalized spacial score (nSPS) is 10.4. The van der Waals surface area contributed by atoms with Crippen LogP contribution in [0.25, 0.3) is 0 Å². The van der Waals surface area contributed by atoms with Crippen molar-refractivity contribution in [1.82, 2.24) is 4.98 Å². The maximum Gasteiger partial charge on any atom is 0.169 e. The number of hydrogen-bond donors (Lipinski definition) is 0. The van der Waals surface area contributed by atoms with E-state index in [0.717, 1.165) is 9.35 Å². The van der Waals surface area contributed by atoms with Crippen LogP contribution in [0.2, 0.25) is 5.02 Å². The van der Waals surface area contributed by atoms with Crippen LogP contribution >= 0.6 is 38.9 Å². The summed E-state index contributed by atoms with van der Waals surface area (Å²) in [5.41, 5.74) is 0.525. The first kappa shape index (κ1) is 11.8. The average Bonchev–Trinajstić information content (AvgIpc) is 2.65. The van der Waals surface area contributed by atoms with E-state index in [2.05, 4.69) is 20.9 Å². The molecule has 0 bridgehead atoms. The number of nitrogens with zero attached hydrogens (tertiary/aromatic N) is 1. The van der Waals surface area contributed by atoms with Crippen molar-refractivity contribution in [3.8, 4) is 0 Å². The van der Waals surface area contributed by atoms with Crippen molar-refractivity contribution in [2.75, 3.05) is 0 Å². The molecule has 0 N–H and O–H groups in total. The quantitative estimate of drug-likeness (QED) is 0.802. The molecule has 0 radical (unpaired) electrons. The van der Waals surface area contributed by atoms with Gasteiger partial charge in [-0.25, -0.2) is 0 Å². The van der Waals surface area contributed by atoms with E-state index in [4.69, 9.17) is 11.6 Å². The molecule has 0 aliphatic heterocycles. The molecule has 0 aromatic carbocycles. The smallest absolute Gasteiger partial charge is 0.169 e. The molecule has 2 nitrogen and oxygen atoms in total. The number of carbonyl (C=O) groups is 1. The Labute approximate surface area is 110 Å². The summed E-state index contributed by atoms with van der Waals surface area (Å²) in [6.07, 6.45) is 3.42. The van der Waals surface area contributed by atoms with Gasteiger partial charge in [0.25, 0.3) is 0 Å². The summed E-state index contributed by atoms with van der Waals surface area (Å²) >= 11 is 10.9. The van der Waals surface area contributed by atoms with Crippen molar-refractivity contribution in [1.29, 1.82) is 0 Å². The van der Waals surface area contributed by atoms with Crippen LogP contribution in [0.3, 0.4) is 0 Å². The first-order valence-electron chi connectivity index (χ1n) is 4.53. The highest BCUT2D eigenvalue weighted by Crippen LogP contribution is 2.25. The fourth-order valence-corrected chi connectivity index (χ4v) is 3.01. The van der Waals surface area contributed by atoms with Gasteiger partial charge in [-0.05, 0) is 33.4 Å². The molecule has 0 aliphatic carbocycles. The van der Waals surface area contributed by atoms with Gasteiger partial charge in [0.1, 0.15) is 0 Å². The molecule has 0 saturated carbocycles. The van der Waals surface area contributed by atoms with Crippen molar-refractivity contribution in [3.63, 3.8) is 0 Å². The molecule has 82 valence electrons. The first-order valence-corrected chi connectivity index (χ1v) is 6.58. The lowest BCUT2D eigenvalue weighted by Crippen LogP contribution is -2.03. The SMILES string of the molecule is O=C(Cc1sccc1Br)c1ccncc1Cl. The minimum Gasteiger partial charge on any atom is -0.294 e. The van der Waals surface area contributed by atoms with E-state index in [9.17, 15) is 4.79 Å². The topological polar surface area (TPSA) is 30.0 Å². The van der Waals surface area contributed by atoms with E-state index < -0.39 is 0 Å². The maximum absolute atomic E-state index is 12.0. The number of thiophene rings is 1. The molecule has 0 aliphatic rings. The van der Waals surface area contributed by atoms with Gasteiger partial charge in [-0.1, -0.05) is 11.6 Å². The Morgan fingerprint density at radius 3 is 2.94 bits per heavy atom. The van der Waals surface area contributed by atoms with Crippen LogP contribution in [-0.4, -0.2) is 10.8 Å². The second-order valence-electron chi connectivity index (χ2n) is 3.15. The van der Waals surface area contributed by atoms with Crippen LogP contribution in [0.15, 0.2) is 34.4 Å². The molecule has 0 atom stereocenters. The monoisotopic (exact) mass is 315 g/mol. The second-order valence-corrected chi connectivity index (χ2v) is 5.41. The largest absolute Gasteiger partial charge is 0.294 e. The average molecular weight is 317 g/mol. The second kappa shape index (κ2) is 5.08. The number of ketones is 1. The molecule has 5 heteroatoms. The predicted molar refractivity (Wildman–Crippen MR) is 69.3 cm³/mol. The summed E-state index contributed by atoms with van der Waals surface area (Å²) < 4.78 is 0.969. The Bertz CT molecular complexity index is 526. The summed E-state index contributed by atoms with van der Waals surface area (Å²) in [4.78, 5) is 16.8. The van der Waals surface area contributed by atoms with Crippen LogP contribution in [0.4, 0.5) is 0 Å². The van der Waals surface area contributed by atoms with Gasteiger partial charge >= 0.3 is 0 Å². The van der Waals surface area contributed by atoms with E-state index in [-0.39, 0.29) is 5.78 Å². The molecule has 0 amide bonds. The molecule has 2 rings (SSSR count). The van der Waals surface area contributed by atoms with Crippen LogP contribution in [-0.2, 0) is 6.42 Å². The minimum absolute atomic E-state index is 0.00977. The Hall–Kier alpha value is -0.710. The highest BCUT2D eigenvalue weighted by molar-refractivity contribution is 9.10. The molecule has 2 heterocycles. The molecule has 2 aromatic rings. The summed E-state index contributed by atoms with van der Waals surface area (Å²) in [6.45, 7) is 0. The molecule has 16 heavy (non-hydrogen) atoms. The van der Waals surface area contributed by atoms with E-state index >= 15 is 0 Å². The van der Waals surface area contributed by atoms with Crippen molar-refractivity contribution in [2.24, 2.45) is 0 Å². The zero-order valence-electron chi connectivity index (χ0n) is 8.11. The number of aromatic nitrogens is 1. The summed E-state index contributed by atoms with van der Waals surface area (Å²) in [6, 6.07) is 3.58. The standard InChI is InChI=1S/C11H7BrClNOS/c12-8-2-4-16-11(8)5-10(15)7-1-3-14-6-9(7)13/h1-4,6H,5H2. The van der Waals surface area contributed by atoms with Gasteiger partial charge in [-0.2, -0.15) is 0 Å². The number of carbonyl (C=O) groups excluding carboxylic acids is 1. The fourth-order valence-electron chi connectivity index (χ4n) is 1.29. The highest BCUT2D eigenvalue weighted by Gasteiger charge is 2.13. The summed E-state index contributed by atoms with van der Waals surface area (Å²) in [5.74, 6) is 0.00977. The van der Waals surface area contributed by atoms with Gasteiger partial charge in [0.15, 0.2) is 5.78 Å². The number of pyridine rings is 1. The van der Waals surface area contributed by atoms with E-state index in [1.807, 2.05) is 11.4 Å². The van der Waals surface area contributed by atoms with Gasteiger partial charge in [0.05, 0.1) is 5.02 Å². The van der Waals surface area contributed by atoms with Crippen molar-refractivity contribution in [2.45, 2.75) is 6.42 Å². The lowest BCUT2D eigenvalue weighted by Gasteiger charge is -2.01. The van der Waals surface area contributed by atoms with E-state index in [1.54, 1.807) is 23.6 Å². The molecule has 0 saturated heterocycles. The summed E-state index contributed by atoms with van der Waals surface area (Å²) in [5, 5.41) is 2.35. The van der Waals surface area contributed by atoms with Gasteiger partial charge in [-0.15, -0.1) is 11.3 Å².